The lowest BCUT2D eigenvalue weighted by Crippen LogP contribution is -2.30. The molecule has 0 N–H and O–H groups in total. The molecule has 0 aromatic rings. The lowest BCUT2D eigenvalue weighted by atomic mass is 10.1. The summed E-state index contributed by atoms with van der Waals surface area (Å²) in [6, 6.07) is 0. The highest BCUT2D eigenvalue weighted by molar-refractivity contribution is 5.70. The molecule has 1 unspecified atom stereocenters. The van der Waals surface area contributed by atoms with Crippen LogP contribution in [-0.2, 0) is 23.8 Å². The van der Waals surface area contributed by atoms with E-state index in [9.17, 15) is 9.59 Å². The number of hydrogen-bond acceptors (Lipinski definition) is 5. The molecule has 0 spiro atoms. The molecular weight excluding hydrogens is 765 g/mol. The Balaban J connectivity index is 4.34. The molecule has 0 aliphatic rings. The van der Waals surface area contributed by atoms with Gasteiger partial charge in [0.25, 0.3) is 0 Å². The maximum absolute atomic E-state index is 12.8. The number of unbranched alkanes of at least 4 members (excludes halogenated alkanes) is 19. The minimum Gasteiger partial charge on any atom is -0.462 e. The van der Waals surface area contributed by atoms with Crippen LogP contribution in [-0.4, -0.2) is 37.9 Å². The van der Waals surface area contributed by atoms with E-state index in [2.05, 4.69) is 118 Å². The summed E-state index contributed by atoms with van der Waals surface area (Å²) in [5.74, 6) is -0.462. The Labute approximate surface area is 383 Å². The molecule has 0 saturated carbocycles. The van der Waals surface area contributed by atoms with E-state index >= 15 is 0 Å². The average molecular weight is 861 g/mol. The third kappa shape index (κ3) is 49.5. The van der Waals surface area contributed by atoms with E-state index in [1.807, 2.05) is 0 Å². The molecule has 0 radical (unpaired) electrons. The van der Waals surface area contributed by atoms with Crippen LogP contribution >= 0.6 is 0 Å². The second kappa shape index (κ2) is 52.2. The van der Waals surface area contributed by atoms with E-state index in [1.54, 1.807) is 0 Å². The topological polar surface area (TPSA) is 61.8 Å². The third-order valence-electron chi connectivity index (χ3n) is 10.6. The molecule has 1 atom stereocenters. The molecule has 0 fully saturated rings. The molecule has 5 nitrogen and oxygen atoms in total. The largest absolute Gasteiger partial charge is 0.462 e. The van der Waals surface area contributed by atoms with Gasteiger partial charge in [0.05, 0.1) is 6.61 Å². The standard InChI is InChI=1S/C57H96O5/c1-4-7-10-13-16-19-22-25-27-28-29-30-32-33-35-38-41-44-47-50-56(58)61-54-55(53-60-52-49-46-43-40-37-24-21-18-15-12-9-6-3)62-57(59)51-48-45-42-39-36-34-31-26-23-20-17-14-11-8-5-2/h7-8,10-11,16-17,19-20,25-27,29-31,36,39,55H,4-6,9,12-15,18,21-24,28,32-35,37-38,40-54H2,1-3H3/b10-7-,11-8-,19-16-,20-17-,27-25-,30-29-,31-26-,39-36-. The molecule has 354 valence electrons. The Morgan fingerprint density at radius 1 is 0.371 bits per heavy atom. The van der Waals surface area contributed by atoms with Gasteiger partial charge in [0.15, 0.2) is 6.10 Å². The maximum atomic E-state index is 12.8. The number of allylic oxidation sites excluding steroid dienone is 16. The summed E-state index contributed by atoms with van der Waals surface area (Å²) >= 11 is 0. The quantitative estimate of drug-likeness (QED) is 0.0347. The highest BCUT2D eigenvalue weighted by atomic mass is 16.6. The van der Waals surface area contributed by atoms with E-state index in [0.29, 0.717) is 19.4 Å². The van der Waals surface area contributed by atoms with E-state index in [0.717, 1.165) is 109 Å². The highest BCUT2D eigenvalue weighted by Crippen LogP contribution is 2.14. The zero-order valence-electron chi connectivity index (χ0n) is 40.6. The fourth-order valence-electron chi connectivity index (χ4n) is 6.84. The number of ether oxygens (including phenoxy) is 3. The van der Waals surface area contributed by atoms with E-state index in [4.69, 9.17) is 14.2 Å². The van der Waals surface area contributed by atoms with Crippen molar-refractivity contribution in [2.75, 3.05) is 19.8 Å². The first-order valence-corrected chi connectivity index (χ1v) is 25.8. The third-order valence-corrected chi connectivity index (χ3v) is 10.6. The van der Waals surface area contributed by atoms with E-state index < -0.39 is 6.10 Å². The molecule has 0 rings (SSSR count). The number of hydrogen-bond donors (Lipinski definition) is 0. The summed E-state index contributed by atoms with van der Waals surface area (Å²) in [4.78, 5) is 25.4. The SMILES string of the molecule is CC/C=C\C/C=C\C/C=C\C/C=C\CCCCCCCCC(=O)OCC(COCCCCCCCCCCCCCC)OC(=O)CCCC/C=C\C/C=C\C/C=C\C/C=C\CC. The van der Waals surface area contributed by atoms with Gasteiger partial charge < -0.3 is 14.2 Å². The van der Waals surface area contributed by atoms with Crippen LogP contribution in [0.4, 0.5) is 0 Å². The monoisotopic (exact) mass is 861 g/mol. The number of esters is 2. The zero-order chi connectivity index (χ0) is 44.9. The van der Waals surface area contributed by atoms with Crippen LogP contribution in [0.2, 0.25) is 0 Å². The van der Waals surface area contributed by atoms with Crippen LogP contribution in [0, 0.1) is 0 Å². The van der Waals surface area contributed by atoms with E-state index in [-0.39, 0.29) is 25.2 Å². The van der Waals surface area contributed by atoms with Crippen LogP contribution in [0.15, 0.2) is 97.2 Å². The predicted molar refractivity (Wildman–Crippen MR) is 270 cm³/mol. The van der Waals surface area contributed by atoms with Crippen molar-refractivity contribution in [3.8, 4) is 0 Å². The van der Waals surface area contributed by atoms with Gasteiger partial charge in [0.1, 0.15) is 6.61 Å². The van der Waals surface area contributed by atoms with Gasteiger partial charge in [-0.15, -0.1) is 0 Å². The van der Waals surface area contributed by atoms with Gasteiger partial charge in [-0.25, -0.2) is 0 Å². The molecule has 0 amide bonds. The van der Waals surface area contributed by atoms with Gasteiger partial charge in [-0.3, -0.25) is 9.59 Å². The van der Waals surface area contributed by atoms with Crippen LogP contribution in [0.3, 0.4) is 0 Å². The zero-order valence-corrected chi connectivity index (χ0v) is 40.6. The molecule has 0 aromatic carbocycles. The van der Waals surface area contributed by atoms with Crippen molar-refractivity contribution < 1.29 is 23.8 Å². The first-order chi connectivity index (χ1) is 30.6. The molecule has 0 aliphatic heterocycles. The minimum atomic E-state index is -0.566. The van der Waals surface area contributed by atoms with Crippen molar-refractivity contribution >= 4 is 11.9 Å². The van der Waals surface area contributed by atoms with Crippen LogP contribution in [0.25, 0.3) is 0 Å². The van der Waals surface area contributed by atoms with Gasteiger partial charge >= 0.3 is 11.9 Å². The smallest absolute Gasteiger partial charge is 0.306 e. The molecule has 0 saturated heterocycles. The van der Waals surface area contributed by atoms with Crippen molar-refractivity contribution in [3.05, 3.63) is 97.2 Å². The molecular formula is C57H96O5. The summed E-state index contributed by atoms with van der Waals surface area (Å²) in [7, 11) is 0. The molecule has 62 heavy (non-hydrogen) atoms. The van der Waals surface area contributed by atoms with Gasteiger partial charge in [-0.1, -0.05) is 214 Å². The Morgan fingerprint density at radius 2 is 0.726 bits per heavy atom. The van der Waals surface area contributed by atoms with Crippen molar-refractivity contribution in [1.82, 2.24) is 0 Å². The van der Waals surface area contributed by atoms with Crippen LogP contribution in [0.1, 0.15) is 226 Å². The van der Waals surface area contributed by atoms with Crippen molar-refractivity contribution in [2.45, 2.75) is 232 Å². The first kappa shape index (κ1) is 58.8. The number of carbonyl (C=O) groups excluding carboxylic acids is 2. The molecule has 5 heteroatoms. The second-order valence-electron chi connectivity index (χ2n) is 16.7. The summed E-state index contributed by atoms with van der Waals surface area (Å²) < 4.78 is 17.4. The Morgan fingerprint density at radius 3 is 1.19 bits per heavy atom. The predicted octanol–water partition coefficient (Wildman–Crippen LogP) is 17.5. The first-order valence-electron chi connectivity index (χ1n) is 25.8. The number of rotatable bonds is 46. The molecule has 0 aromatic heterocycles. The average Bonchev–Trinajstić information content (AvgIpc) is 3.27. The molecule has 0 heterocycles. The van der Waals surface area contributed by atoms with Gasteiger partial charge in [0, 0.05) is 19.4 Å². The van der Waals surface area contributed by atoms with Gasteiger partial charge in [0.2, 0.25) is 0 Å². The molecule has 0 bridgehead atoms. The van der Waals surface area contributed by atoms with Gasteiger partial charge in [-0.05, 0) is 96.3 Å². The van der Waals surface area contributed by atoms with Crippen molar-refractivity contribution in [1.29, 1.82) is 0 Å². The van der Waals surface area contributed by atoms with Crippen molar-refractivity contribution in [3.63, 3.8) is 0 Å². The second-order valence-corrected chi connectivity index (χ2v) is 16.7. The Hall–Kier alpha value is -3.18. The molecule has 0 aliphatic carbocycles. The Bertz CT molecular complexity index is 1200. The minimum absolute atomic E-state index is 0.0578. The normalized spacial score (nSPS) is 13.0. The maximum Gasteiger partial charge on any atom is 0.306 e. The number of carbonyl (C=O) groups is 2. The fraction of sp³-hybridized carbons (Fsp3) is 0.684. The summed E-state index contributed by atoms with van der Waals surface area (Å²) in [5.41, 5.74) is 0. The van der Waals surface area contributed by atoms with Crippen molar-refractivity contribution in [2.24, 2.45) is 0 Å². The fourth-order valence-corrected chi connectivity index (χ4v) is 6.84. The summed E-state index contributed by atoms with van der Waals surface area (Å²) in [5, 5.41) is 0. The lowest BCUT2D eigenvalue weighted by molar-refractivity contribution is -0.163. The summed E-state index contributed by atoms with van der Waals surface area (Å²) in [6.45, 7) is 7.54. The lowest BCUT2D eigenvalue weighted by Gasteiger charge is -2.18. The highest BCUT2D eigenvalue weighted by Gasteiger charge is 2.17. The Kier molecular flexibility index (Phi) is 49.5. The van der Waals surface area contributed by atoms with E-state index in [1.165, 1.54) is 83.5 Å². The van der Waals surface area contributed by atoms with Crippen LogP contribution < -0.4 is 0 Å². The van der Waals surface area contributed by atoms with Crippen LogP contribution in [0.5, 0.6) is 0 Å². The van der Waals surface area contributed by atoms with Gasteiger partial charge in [-0.2, -0.15) is 0 Å². The summed E-state index contributed by atoms with van der Waals surface area (Å²) in [6.07, 6.45) is 69.8.